The van der Waals surface area contributed by atoms with Gasteiger partial charge in [-0.2, -0.15) is 0 Å². The summed E-state index contributed by atoms with van der Waals surface area (Å²) in [4.78, 5) is 26.5. The van der Waals surface area contributed by atoms with Gasteiger partial charge in [0.25, 0.3) is 0 Å². The van der Waals surface area contributed by atoms with E-state index in [1.807, 2.05) is 65.6 Å². The van der Waals surface area contributed by atoms with Crippen LogP contribution in [-0.4, -0.2) is 42.5 Å². The lowest BCUT2D eigenvalue weighted by molar-refractivity contribution is -0.159. The number of morpholine rings is 1. The highest BCUT2D eigenvalue weighted by Gasteiger charge is 2.33. The summed E-state index contributed by atoms with van der Waals surface area (Å²) in [6.07, 6.45) is 0.899. The first-order valence-corrected chi connectivity index (χ1v) is 8.97. The number of hydrogen-bond acceptors (Lipinski definition) is 4. The predicted octanol–water partition coefficient (Wildman–Crippen LogP) is 2.16. The Morgan fingerprint density at radius 2 is 1.69 bits per heavy atom. The van der Waals surface area contributed by atoms with Gasteiger partial charge in [0.2, 0.25) is 5.91 Å². The van der Waals surface area contributed by atoms with Crippen molar-refractivity contribution in [1.82, 2.24) is 10.2 Å². The second kappa shape index (κ2) is 9.15. The van der Waals surface area contributed by atoms with Crippen molar-refractivity contribution >= 4 is 11.9 Å². The molecule has 1 amide bonds. The summed E-state index contributed by atoms with van der Waals surface area (Å²) in [5.74, 6) is -0.437. The number of amides is 1. The Balaban J connectivity index is 1.52. The lowest BCUT2D eigenvalue weighted by Gasteiger charge is -2.33. The van der Waals surface area contributed by atoms with Gasteiger partial charge >= 0.3 is 5.97 Å². The van der Waals surface area contributed by atoms with Gasteiger partial charge < -0.3 is 10.1 Å². The molecule has 0 aliphatic carbocycles. The van der Waals surface area contributed by atoms with Crippen molar-refractivity contribution in [1.29, 1.82) is 0 Å². The fourth-order valence-electron chi connectivity index (χ4n) is 3.12. The lowest BCUT2D eigenvalue weighted by atomic mass is 10.1. The number of esters is 1. The fraction of sp³-hybridized carbons (Fsp3) is 0.333. The summed E-state index contributed by atoms with van der Waals surface area (Å²) in [5.41, 5.74) is 2.30. The number of carbonyl (C=O) groups excluding carboxylic acids is 2. The average molecular weight is 352 g/mol. The molecule has 5 nitrogen and oxygen atoms in total. The van der Waals surface area contributed by atoms with Crippen molar-refractivity contribution in [3.05, 3.63) is 71.8 Å². The molecule has 1 aliphatic heterocycles. The van der Waals surface area contributed by atoms with E-state index < -0.39 is 6.04 Å². The number of nitrogens with one attached hydrogen (secondary N) is 1. The molecule has 1 N–H and O–H groups in total. The van der Waals surface area contributed by atoms with E-state index in [0.29, 0.717) is 26.2 Å². The molecule has 26 heavy (non-hydrogen) atoms. The van der Waals surface area contributed by atoms with E-state index in [2.05, 4.69) is 5.32 Å². The minimum Gasteiger partial charge on any atom is -0.463 e. The van der Waals surface area contributed by atoms with E-state index in [-0.39, 0.29) is 18.3 Å². The van der Waals surface area contributed by atoms with Crippen LogP contribution in [0.5, 0.6) is 0 Å². The van der Waals surface area contributed by atoms with E-state index in [4.69, 9.17) is 4.74 Å². The van der Waals surface area contributed by atoms with Gasteiger partial charge in [-0.05, 0) is 17.5 Å². The molecule has 0 radical (unpaired) electrons. The molecule has 0 spiro atoms. The molecule has 1 heterocycles. The molecule has 1 saturated heterocycles. The highest BCUT2D eigenvalue weighted by Crippen LogP contribution is 2.16. The van der Waals surface area contributed by atoms with Gasteiger partial charge in [-0.3, -0.25) is 14.5 Å². The van der Waals surface area contributed by atoms with Crippen LogP contribution in [0.2, 0.25) is 0 Å². The minimum atomic E-state index is -0.527. The lowest BCUT2D eigenvalue weighted by Crippen LogP contribution is -2.50. The summed E-state index contributed by atoms with van der Waals surface area (Å²) < 4.78 is 5.17. The third kappa shape index (κ3) is 5.17. The Kier molecular flexibility index (Phi) is 6.39. The van der Waals surface area contributed by atoms with Crippen molar-refractivity contribution in [2.24, 2.45) is 0 Å². The van der Waals surface area contributed by atoms with E-state index >= 15 is 0 Å². The monoisotopic (exact) mass is 352 g/mol. The quantitative estimate of drug-likeness (QED) is 0.776. The minimum absolute atomic E-state index is 0.122. The number of cyclic esters (lactones) is 1. The van der Waals surface area contributed by atoms with Crippen LogP contribution in [-0.2, 0) is 27.3 Å². The first-order valence-electron chi connectivity index (χ1n) is 8.97. The zero-order valence-electron chi connectivity index (χ0n) is 14.8. The van der Waals surface area contributed by atoms with Crippen LogP contribution < -0.4 is 5.32 Å². The highest BCUT2D eigenvalue weighted by atomic mass is 16.5. The van der Waals surface area contributed by atoms with Gasteiger partial charge in [0.1, 0.15) is 12.6 Å². The molecule has 2 aromatic rings. The Labute approximate surface area is 154 Å². The molecule has 5 heteroatoms. The summed E-state index contributed by atoms with van der Waals surface area (Å²) >= 11 is 0. The summed E-state index contributed by atoms with van der Waals surface area (Å²) in [7, 11) is 0. The Bertz CT molecular complexity index is 719. The third-order valence-corrected chi connectivity index (χ3v) is 4.52. The molecule has 136 valence electrons. The molecule has 1 atom stereocenters. The van der Waals surface area contributed by atoms with Crippen molar-refractivity contribution in [3.8, 4) is 0 Å². The van der Waals surface area contributed by atoms with Gasteiger partial charge in [0.05, 0.1) is 6.42 Å². The topological polar surface area (TPSA) is 58.6 Å². The summed E-state index contributed by atoms with van der Waals surface area (Å²) in [5, 5.41) is 2.91. The summed E-state index contributed by atoms with van der Waals surface area (Å²) in [6.45, 7) is 2.21. The maximum atomic E-state index is 12.3. The number of hydrogen-bond donors (Lipinski definition) is 1. The van der Waals surface area contributed by atoms with Gasteiger partial charge in [-0.15, -0.1) is 0 Å². The van der Waals surface area contributed by atoms with Crippen LogP contribution in [0.25, 0.3) is 0 Å². The molecular weight excluding hydrogens is 328 g/mol. The molecule has 1 fully saturated rings. The SMILES string of the molecule is O=C(CC1C(=O)OCCN1Cc1ccccc1)NCCc1ccccc1. The Morgan fingerprint density at radius 1 is 1.04 bits per heavy atom. The van der Waals surface area contributed by atoms with Crippen LogP contribution in [0.3, 0.4) is 0 Å². The largest absolute Gasteiger partial charge is 0.463 e. The zero-order valence-corrected chi connectivity index (χ0v) is 14.8. The van der Waals surface area contributed by atoms with Crippen LogP contribution in [0.15, 0.2) is 60.7 Å². The van der Waals surface area contributed by atoms with Crippen molar-refractivity contribution in [3.63, 3.8) is 0 Å². The highest BCUT2D eigenvalue weighted by molar-refractivity contribution is 5.85. The molecule has 3 rings (SSSR count). The first kappa shape index (κ1) is 18.1. The fourth-order valence-corrected chi connectivity index (χ4v) is 3.12. The molecule has 0 saturated carbocycles. The number of rotatable bonds is 7. The second-order valence-corrected chi connectivity index (χ2v) is 6.43. The standard InChI is InChI=1S/C21H24N2O3/c24-20(22-12-11-17-7-3-1-4-8-17)15-19-21(25)26-14-13-23(19)16-18-9-5-2-6-10-18/h1-10,19H,11-16H2,(H,22,24). The average Bonchev–Trinajstić information content (AvgIpc) is 2.66. The van der Waals surface area contributed by atoms with Crippen LogP contribution in [0, 0.1) is 0 Å². The van der Waals surface area contributed by atoms with Crippen molar-refractivity contribution in [2.45, 2.75) is 25.4 Å². The van der Waals surface area contributed by atoms with Gasteiger partial charge in [-0.1, -0.05) is 60.7 Å². The molecule has 0 bridgehead atoms. The normalized spacial score (nSPS) is 17.5. The van der Waals surface area contributed by atoms with Crippen LogP contribution in [0.1, 0.15) is 17.5 Å². The molecule has 1 aliphatic rings. The zero-order chi connectivity index (χ0) is 18.2. The van der Waals surface area contributed by atoms with Crippen molar-refractivity contribution in [2.75, 3.05) is 19.7 Å². The number of ether oxygens (including phenoxy) is 1. The van der Waals surface area contributed by atoms with Crippen LogP contribution >= 0.6 is 0 Å². The number of nitrogens with zero attached hydrogens (tertiary/aromatic N) is 1. The van der Waals surface area contributed by atoms with Gasteiger partial charge in [0.15, 0.2) is 0 Å². The smallest absolute Gasteiger partial charge is 0.323 e. The van der Waals surface area contributed by atoms with E-state index in [0.717, 1.165) is 12.0 Å². The van der Waals surface area contributed by atoms with E-state index in [9.17, 15) is 9.59 Å². The summed E-state index contributed by atoms with van der Waals surface area (Å²) in [6, 6.07) is 19.4. The van der Waals surface area contributed by atoms with Crippen molar-refractivity contribution < 1.29 is 14.3 Å². The maximum Gasteiger partial charge on any atom is 0.323 e. The Morgan fingerprint density at radius 3 is 2.38 bits per heavy atom. The maximum absolute atomic E-state index is 12.3. The van der Waals surface area contributed by atoms with Crippen LogP contribution in [0.4, 0.5) is 0 Å². The predicted molar refractivity (Wildman–Crippen MR) is 99.4 cm³/mol. The molecule has 1 unspecified atom stereocenters. The first-order chi connectivity index (χ1) is 12.7. The number of carbonyl (C=O) groups is 2. The Hall–Kier alpha value is -2.66. The molecular formula is C21H24N2O3. The van der Waals surface area contributed by atoms with Gasteiger partial charge in [-0.25, -0.2) is 0 Å². The van der Waals surface area contributed by atoms with E-state index in [1.54, 1.807) is 0 Å². The third-order valence-electron chi connectivity index (χ3n) is 4.52. The molecule has 0 aromatic heterocycles. The van der Waals surface area contributed by atoms with Gasteiger partial charge in [0, 0.05) is 19.6 Å². The van der Waals surface area contributed by atoms with E-state index in [1.165, 1.54) is 5.56 Å². The number of benzene rings is 2. The second-order valence-electron chi connectivity index (χ2n) is 6.43. The molecule has 2 aromatic carbocycles.